The molecule has 1 aromatic carbocycles. The van der Waals surface area contributed by atoms with E-state index in [9.17, 15) is 19.5 Å². The van der Waals surface area contributed by atoms with Crippen molar-refractivity contribution in [1.82, 2.24) is 14.5 Å². The van der Waals surface area contributed by atoms with Gasteiger partial charge in [0, 0.05) is 20.2 Å². The number of carbonyl (C=O) groups is 1. The van der Waals surface area contributed by atoms with Gasteiger partial charge in [0.2, 0.25) is 5.91 Å². The average Bonchev–Trinajstić information content (AvgIpc) is 2.74. The summed E-state index contributed by atoms with van der Waals surface area (Å²) in [4.78, 5) is 43.6. The number of nitrogens with zero attached hydrogens (tertiary/aromatic N) is 3. The number of aliphatic hydroxyl groups excluding tert-OH is 1. The molecule has 0 bridgehead atoms. The molecule has 1 aliphatic heterocycles. The summed E-state index contributed by atoms with van der Waals surface area (Å²) in [5.41, 5.74) is 5.63. The largest absolute Gasteiger partial charge is 0.392 e. The Morgan fingerprint density at radius 2 is 2.06 bits per heavy atom. The predicted octanol–water partition coefficient (Wildman–Crippen LogP) is -0.397. The number of likely N-dealkylation sites (tertiary alicyclic amines) is 1. The lowest BCUT2D eigenvalue weighted by Crippen LogP contribution is -2.48. The number of H-pyrrole nitrogens is 1. The number of hydrogen-bond donors (Lipinski definition) is 3. The van der Waals surface area contributed by atoms with Crippen LogP contribution in [0.1, 0.15) is 18.4 Å². The normalized spacial score (nSPS) is 16.9. The van der Waals surface area contributed by atoms with E-state index in [1.807, 2.05) is 35.2 Å². The Morgan fingerprint density at radius 3 is 2.74 bits per heavy atom. The molecule has 168 valence electrons. The van der Waals surface area contributed by atoms with Gasteiger partial charge in [0.1, 0.15) is 5.82 Å². The minimum Gasteiger partial charge on any atom is -0.392 e. The number of aromatic nitrogens is 2. The van der Waals surface area contributed by atoms with Gasteiger partial charge in [0.15, 0.2) is 5.69 Å². The van der Waals surface area contributed by atoms with Gasteiger partial charge in [0.05, 0.1) is 25.8 Å². The molecule has 4 N–H and O–H groups in total. The van der Waals surface area contributed by atoms with E-state index in [0.29, 0.717) is 19.5 Å². The Balaban J connectivity index is 1.94. The number of ether oxygens (including phenoxy) is 1. The SMILES string of the molecule is COCCN(C(=O)CN1CCCC(O)C1)c1c(N)n(Cc2ccccc2)c(=O)[nH]c1=O. The second kappa shape index (κ2) is 10.4. The number of amides is 1. The highest BCUT2D eigenvalue weighted by atomic mass is 16.5. The second-order valence-corrected chi connectivity index (χ2v) is 7.63. The highest BCUT2D eigenvalue weighted by Gasteiger charge is 2.27. The minimum absolute atomic E-state index is 0.0253. The molecule has 3 rings (SSSR count). The lowest BCUT2D eigenvalue weighted by Gasteiger charge is -2.32. The Kier molecular flexibility index (Phi) is 7.61. The molecular weight excluding hydrogens is 402 g/mol. The highest BCUT2D eigenvalue weighted by Crippen LogP contribution is 2.19. The van der Waals surface area contributed by atoms with Crippen LogP contribution in [0.15, 0.2) is 39.9 Å². The number of carbonyl (C=O) groups excluding carboxylic acids is 1. The van der Waals surface area contributed by atoms with E-state index in [2.05, 4.69) is 4.98 Å². The van der Waals surface area contributed by atoms with Crippen molar-refractivity contribution in [2.24, 2.45) is 0 Å². The molecule has 1 unspecified atom stereocenters. The van der Waals surface area contributed by atoms with Crippen molar-refractivity contribution in [3.05, 3.63) is 56.7 Å². The number of aromatic amines is 1. The van der Waals surface area contributed by atoms with Gasteiger partial charge in [-0.1, -0.05) is 30.3 Å². The molecule has 0 radical (unpaired) electrons. The van der Waals surface area contributed by atoms with Crippen molar-refractivity contribution in [2.45, 2.75) is 25.5 Å². The highest BCUT2D eigenvalue weighted by molar-refractivity contribution is 5.96. The smallest absolute Gasteiger partial charge is 0.330 e. The number of piperidine rings is 1. The van der Waals surface area contributed by atoms with Crippen molar-refractivity contribution in [3.8, 4) is 0 Å². The van der Waals surface area contributed by atoms with Crippen molar-refractivity contribution < 1.29 is 14.6 Å². The molecule has 1 fully saturated rings. The molecular formula is C21H29N5O5. The van der Waals surface area contributed by atoms with E-state index in [-0.39, 0.29) is 43.7 Å². The number of rotatable bonds is 8. The predicted molar refractivity (Wildman–Crippen MR) is 117 cm³/mol. The quantitative estimate of drug-likeness (QED) is 0.518. The number of nitrogen functional groups attached to an aromatic ring is 1. The van der Waals surface area contributed by atoms with E-state index >= 15 is 0 Å². The topological polar surface area (TPSA) is 134 Å². The first-order chi connectivity index (χ1) is 14.9. The maximum Gasteiger partial charge on any atom is 0.330 e. The number of benzene rings is 1. The van der Waals surface area contributed by atoms with Crippen molar-refractivity contribution in [1.29, 1.82) is 0 Å². The molecule has 1 amide bonds. The van der Waals surface area contributed by atoms with Gasteiger partial charge in [-0.15, -0.1) is 0 Å². The monoisotopic (exact) mass is 431 g/mol. The zero-order chi connectivity index (χ0) is 22.4. The van der Waals surface area contributed by atoms with Crippen molar-refractivity contribution in [2.75, 3.05) is 50.5 Å². The van der Waals surface area contributed by atoms with E-state index < -0.39 is 17.4 Å². The first-order valence-electron chi connectivity index (χ1n) is 10.3. The van der Waals surface area contributed by atoms with Crippen LogP contribution in [-0.2, 0) is 16.1 Å². The summed E-state index contributed by atoms with van der Waals surface area (Å²) in [6.45, 7) is 1.54. The molecule has 1 saturated heterocycles. The van der Waals surface area contributed by atoms with Gasteiger partial charge in [-0.25, -0.2) is 4.79 Å². The molecule has 0 aliphatic carbocycles. The van der Waals surface area contributed by atoms with Crippen LogP contribution in [0.5, 0.6) is 0 Å². The minimum atomic E-state index is -0.727. The number of aliphatic hydroxyl groups is 1. The Hall–Kier alpha value is -2.95. The molecule has 2 heterocycles. The first-order valence-corrected chi connectivity index (χ1v) is 10.3. The summed E-state index contributed by atoms with van der Waals surface area (Å²) in [6, 6.07) is 9.21. The number of methoxy groups -OCH3 is 1. The molecule has 0 spiro atoms. The van der Waals surface area contributed by atoms with Crippen LogP contribution in [0.3, 0.4) is 0 Å². The fraction of sp³-hybridized carbons (Fsp3) is 0.476. The molecule has 0 saturated carbocycles. The van der Waals surface area contributed by atoms with Crippen molar-refractivity contribution in [3.63, 3.8) is 0 Å². The second-order valence-electron chi connectivity index (χ2n) is 7.63. The van der Waals surface area contributed by atoms with Gasteiger partial charge < -0.3 is 20.5 Å². The van der Waals surface area contributed by atoms with Crippen LogP contribution in [0.25, 0.3) is 0 Å². The van der Waals surface area contributed by atoms with Crippen LogP contribution in [-0.4, -0.2) is 71.5 Å². The summed E-state index contributed by atoms with van der Waals surface area (Å²) < 4.78 is 6.35. The first kappa shape index (κ1) is 22.7. The molecule has 1 aromatic heterocycles. The molecule has 10 heteroatoms. The van der Waals surface area contributed by atoms with Gasteiger partial charge in [0.25, 0.3) is 5.56 Å². The maximum absolute atomic E-state index is 13.1. The van der Waals surface area contributed by atoms with Crippen molar-refractivity contribution >= 4 is 17.4 Å². The summed E-state index contributed by atoms with van der Waals surface area (Å²) in [5, 5.41) is 9.89. The molecule has 31 heavy (non-hydrogen) atoms. The molecule has 1 atom stereocenters. The lowest BCUT2D eigenvalue weighted by molar-refractivity contribution is -0.120. The average molecular weight is 431 g/mol. The summed E-state index contributed by atoms with van der Waals surface area (Å²) in [6.07, 6.45) is 1.02. The van der Waals surface area contributed by atoms with E-state index in [1.54, 1.807) is 0 Å². The van der Waals surface area contributed by atoms with E-state index in [1.165, 1.54) is 16.6 Å². The summed E-state index contributed by atoms with van der Waals surface area (Å²) >= 11 is 0. The van der Waals surface area contributed by atoms with Crippen LogP contribution >= 0.6 is 0 Å². The van der Waals surface area contributed by atoms with Gasteiger partial charge >= 0.3 is 5.69 Å². The summed E-state index contributed by atoms with van der Waals surface area (Å²) in [5.74, 6) is -0.436. The van der Waals surface area contributed by atoms with E-state index in [4.69, 9.17) is 10.5 Å². The Morgan fingerprint density at radius 1 is 1.32 bits per heavy atom. The zero-order valence-corrected chi connectivity index (χ0v) is 17.6. The lowest BCUT2D eigenvalue weighted by atomic mass is 10.1. The summed E-state index contributed by atoms with van der Waals surface area (Å²) in [7, 11) is 1.49. The molecule has 1 aliphatic rings. The Bertz CT molecular complexity index is 1000. The van der Waals surface area contributed by atoms with Gasteiger partial charge in [-0.05, 0) is 24.9 Å². The van der Waals surface area contributed by atoms with Gasteiger partial charge in [-0.3, -0.25) is 24.0 Å². The standard InChI is InChI=1S/C21H29N5O5/c1-31-11-10-25(17(28)14-24-9-5-8-16(27)13-24)18-19(22)26(21(30)23-20(18)29)12-15-6-3-2-4-7-15/h2-4,6-7,16,27H,5,8-14,22H2,1H3,(H,23,29,30). The zero-order valence-electron chi connectivity index (χ0n) is 17.6. The van der Waals surface area contributed by atoms with Crippen LogP contribution in [0, 0.1) is 0 Å². The number of β-amino-alcohol motifs (C(OH)–C–C–N with tert-alkyl or cyclic N) is 1. The fourth-order valence-corrected chi connectivity index (χ4v) is 3.76. The number of nitrogens with two attached hydrogens (primary N) is 1. The maximum atomic E-state index is 13.1. The molecule has 10 nitrogen and oxygen atoms in total. The van der Waals surface area contributed by atoms with Crippen LogP contribution in [0.2, 0.25) is 0 Å². The number of anilines is 2. The van der Waals surface area contributed by atoms with E-state index in [0.717, 1.165) is 12.0 Å². The van der Waals surface area contributed by atoms with Crippen LogP contribution < -0.4 is 21.9 Å². The van der Waals surface area contributed by atoms with Crippen LogP contribution in [0.4, 0.5) is 11.5 Å². The third-order valence-corrected chi connectivity index (χ3v) is 5.33. The number of hydrogen-bond acceptors (Lipinski definition) is 7. The Labute approximate surface area is 179 Å². The third kappa shape index (κ3) is 5.60. The number of nitrogens with one attached hydrogen (secondary N) is 1. The molecule has 2 aromatic rings. The fourth-order valence-electron chi connectivity index (χ4n) is 3.76. The van der Waals surface area contributed by atoms with Gasteiger partial charge in [-0.2, -0.15) is 0 Å². The third-order valence-electron chi connectivity index (χ3n) is 5.33.